The van der Waals surface area contributed by atoms with Crippen LogP contribution in [-0.2, 0) is 0 Å². The van der Waals surface area contributed by atoms with Gasteiger partial charge in [0.15, 0.2) is 0 Å². The minimum atomic E-state index is -1.22. The summed E-state index contributed by atoms with van der Waals surface area (Å²) in [4.78, 5) is 0. The van der Waals surface area contributed by atoms with Crippen LogP contribution in [0.3, 0.4) is 0 Å². The Morgan fingerprint density at radius 3 is 2.68 bits per heavy atom. The maximum atomic E-state index is 10.5. The van der Waals surface area contributed by atoms with Gasteiger partial charge in [-0.25, -0.2) is 0 Å². The second-order valence-corrected chi connectivity index (χ2v) is 11.3. The van der Waals surface area contributed by atoms with E-state index in [9.17, 15) is 20.4 Å². The van der Waals surface area contributed by atoms with Gasteiger partial charge in [-0.15, -0.1) is 0 Å². The van der Waals surface area contributed by atoms with Crippen LogP contribution in [0.2, 0.25) is 0 Å². The Balaban J connectivity index is 1.70. The Morgan fingerprint density at radius 2 is 1.97 bits per heavy atom. The van der Waals surface area contributed by atoms with Gasteiger partial charge in [-0.05, 0) is 93.5 Å². The van der Waals surface area contributed by atoms with Crippen LogP contribution in [0.15, 0.2) is 35.5 Å². The quantitative estimate of drug-likeness (QED) is 0.471. The molecule has 4 nitrogen and oxygen atoms in total. The van der Waals surface area contributed by atoms with Crippen molar-refractivity contribution in [1.82, 2.24) is 0 Å². The van der Waals surface area contributed by atoms with Crippen LogP contribution in [0.5, 0.6) is 0 Å². The van der Waals surface area contributed by atoms with Gasteiger partial charge in [0, 0.05) is 6.42 Å². The summed E-state index contributed by atoms with van der Waals surface area (Å²) < 4.78 is 0. The first kappa shape index (κ1) is 24.7. The Bertz CT molecular complexity index is 706. The van der Waals surface area contributed by atoms with E-state index in [1.54, 1.807) is 12.5 Å². The monoisotopic (exact) mass is 432 g/mol. The largest absolute Gasteiger partial charge is 0.393 e. The fourth-order valence-electron chi connectivity index (χ4n) is 6.86. The van der Waals surface area contributed by atoms with Crippen molar-refractivity contribution in [3.63, 3.8) is 0 Å². The topological polar surface area (TPSA) is 80.9 Å². The second kappa shape index (κ2) is 9.91. The SMILES string of the molecule is C=C1CC[C@H](O)C/C1=C/C=C1\CCC[C@@]2(C)C1CC[C@@H]2[C@H](C)CC(O)CC(C)(O)CO. The molecule has 3 fully saturated rings. The highest BCUT2D eigenvalue weighted by Gasteiger charge is 2.50. The number of rotatable bonds is 7. The minimum Gasteiger partial charge on any atom is -0.393 e. The Labute approximate surface area is 188 Å². The maximum absolute atomic E-state index is 10.5. The summed E-state index contributed by atoms with van der Waals surface area (Å²) in [5, 5.41) is 40.0. The van der Waals surface area contributed by atoms with Crippen LogP contribution < -0.4 is 0 Å². The molecule has 0 amide bonds. The van der Waals surface area contributed by atoms with Gasteiger partial charge in [-0.1, -0.05) is 43.7 Å². The summed E-state index contributed by atoms with van der Waals surface area (Å²) >= 11 is 0. The predicted molar refractivity (Wildman–Crippen MR) is 125 cm³/mol. The average Bonchev–Trinajstić information content (AvgIpc) is 3.05. The van der Waals surface area contributed by atoms with E-state index in [-0.39, 0.29) is 24.5 Å². The van der Waals surface area contributed by atoms with Crippen molar-refractivity contribution in [3.05, 3.63) is 35.5 Å². The molecule has 3 rings (SSSR count). The standard InChI is InChI=1S/C27H44O4/c1-18-7-10-22(29)15-21(18)9-8-20-6-5-13-27(4)24(11-12-25(20)27)19(2)14-23(30)16-26(3,31)17-28/h8-9,19,22-25,28-31H,1,5-7,10-17H2,2-4H3/b20-8+,21-9-/t19-,22+,23?,24-,25?,26?,27-/m1/s1. The molecule has 3 saturated carbocycles. The summed E-state index contributed by atoms with van der Waals surface area (Å²) in [6, 6.07) is 0. The predicted octanol–water partition coefficient (Wildman–Crippen LogP) is 4.68. The van der Waals surface area contributed by atoms with E-state index < -0.39 is 11.7 Å². The van der Waals surface area contributed by atoms with Crippen LogP contribution in [0.1, 0.15) is 85.0 Å². The van der Waals surface area contributed by atoms with Gasteiger partial charge in [0.05, 0.1) is 24.4 Å². The lowest BCUT2D eigenvalue weighted by Gasteiger charge is -2.44. The molecule has 0 aromatic heterocycles. The first-order valence-electron chi connectivity index (χ1n) is 12.3. The van der Waals surface area contributed by atoms with Crippen LogP contribution in [-0.4, -0.2) is 44.8 Å². The fraction of sp³-hybridized carbons (Fsp3) is 0.778. The number of hydrogen-bond donors (Lipinski definition) is 4. The zero-order chi connectivity index (χ0) is 22.8. The van der Waals surface area contributed by atoms with E-state index >= 15 is 0 Å². The molecule has 0 spiro atoms. The van der Waals surface area contributed by atoms with E-state index in [0.717, 1.165) is 25.7 Å². The van der Waals surface area contributed by atoms with Crippen molar-refractivity contribution >= 4 is 0 Å². The van der Waals surface area contributed by atoms with E-state index in [4.69, 9.17) is 0 Å². The minimum absolute atomic E-state index is 0.217. The molecular weight excluding hydrogens is 388 g/mol. The van der Waals surface area contributed by atoms with E-state index in [1.807, 2.05) is 0 Å². The first-order chi connectivity index (χ1) is 14.6. The summed E-state index contributed by atoms with van der Waals surface area (Å²) in [6.45, 7) is 10.2. The molecule has 0 radical (unpaired) electrons. The molecule has 0 aliphatic heterocycles. The van der Waals surface area contributed by atoms with Crippen molar-refractivity contribution in [1.29, 1.82) is 0 Å². The second-order valence-electron chi connectivity index (χ2n) is 11.3. The highest BCUT2D eigenvalue weighted by Crippen LogP contribution is 2.60. The van der Waals surface area contributed by atoms with Crippen molar-refractivity contribution in [3.8, 4) is 0 Å². The average molecular weight is 433 g/mol. The van der Waals surface area contributed by atoms with E-state index in [2.05, 4.69) is 32.6 Å². The highest BCUT2D eigenvalue weighted by molar-refractivity contribution is 5.36. The van der Waals surface area contributed by atoms with Gasteiger partial charge >= 0.3 is 0 Å². The first-order valence-corrected chi connectivity index (χ1v) is 12.3. The molecule has 0 aromatic rings. The Morgan fingerprint density at radius 1 is 1.23 bits per heavy atom. The van der Waals surface area contributed by atoms with Crippen molar-refractivity contribution in [2.24, 2.45) is 23.2 Å². The van der Waals surface area contributed by atoms with Gasteiger partial charge in [-0.2, -0.15) is 0 Å². The molecule has 0 heterocycles. The summed E-state index contributed by atoms with van der Waals surface area (Å²) in [7, 11) is 0. The summed E-state index contributed by atoms with van der Waals surface area (Å²) in [6.07, 6.45) is 13.0. The molecule has 4 N–H and O–H groups in total. The van der Waals surface area contributed by atoms with Gasteiger partial charge in [0.25, 0.3) is 0 Å². The van der Waals surface area contributed by atoms with E-state index in [1.165, 1.54) is 36.8 Å². The normalized spacial score (nSPS) is 38.2. The van der Waals surface area contributed by atoms with Gasteiger partial charge in [0.1, 0.15) is 0 Å². The van der Waals surface area contributed by atoms with E-state index in [0.29, 0.717) is 24.2 Å². The lowest BCUT2D eigenvalue weighted by atomic mass is 9.60. The lowest BCUT2D eigenvalue weighted by molar-refractivity contribution is -0.0439. The van der Waals surface area contributed by atoms with Crippen molar-refractivity contribution in [2.45, 2.75) is 103 Å². The van der Waals surface area contributed by atoms with Gasteiger partial charge in [-0.3, -0.25) is 0 Å². The third-order valence-electron chi connectivity index (χ3n) is 8.57. The number of hydrogen-bond acceptors (Lipinski definition) is 4. The summed E-state index contributed by atoms with van der Waals surface area (Å²) in [5.74, 6) is 1.53. The number of aliphatic hydroxyl groups excluding tert-OH is 3. The third kappa shape index (κ3) is 5.71. The van der Waals surface area contributed by atoms with Crippen LogP contribution in [0.25, 0.3) is 0 Å². The Hall–Kier alpha value is -0.940. The zero-order valence-electron chi connectivity index (χ0n) is 19.8. The van der Waals surface area contributed by atoms with Crippen molar-refractivity contribution < 1.29 is 20.4 Å². The fourth-order valence-corrected chi connectivity index (χ4v) is 6.86. The molecule has 0 saturated heterocycles. The molecule has 31 heavy (non-hydrogen) atoms. The van der Waals surface area contributed by atoms with Crippen LogP contribution in [0, 0.1) is 23.2 Å². The number of aliphatic hydroxyl groups is 4. The lowest BCUT2D eigenvalue weighted by Crippen LogP contribution is -2.38. The molecule has 176 valence electrons. The van der Waals surface area contributed by atoms with Gasteiger partial charge in [0.2, 0.25) is 0 Å². The van der Waals surface area contributed by atoms with Gasteiger partial charge < -0.3 is 20.4 Å². The maximum Gasteiger partial charge on any atom is 0.0874 e. The van der Waals surface area contributed by atoms with Crippen LogP contribution >= 0.6 is 0 Å². The highest BCUT2D eigenvalue weighted by atomic mass is 16.3. The molecule has 0 aromatic carbocycles. The molecule has 0 bridgehead atoms. The molecule has 3 unspecified atom stereocenters. The molecular formula is C27H44O4. The molecule has 3 aliphatic rings. The van der Waals surface area contributed by atoms with Crippen molar-refractivity contribution in [2.75, 3.05) is 6.61 Å². The summed E-state index contributed by atoms with van der Waals surface area (Å²) in [5.41, 5.74) is 2.97. The van der Waals surface area contributed by atoms with Crippen LogP contribution in [0.4, 0.5) is 0 Å². The Kier molecular flexibility index (Phi) is 7.89. The number of allylic oxidation sites excluding steroid dienone is 4. The third-order valence-corrected chi connectivity index (χ3v) is 8.57. The molecule has 4 heteroatoms. The molecule has 3 aliphatic carbocycles. The zero-order valence-corrected chi connectivity index (χ0v) is 19.8. The molecule has 7 atom stereocenters. The smallest absolute Gasteiger partial charge is 0.0874 e. The number of fused-ring (bicyclic) bond motifs is 1.